The Morgan fingerprint density at radius 1 is 0.454 bits per heavy atom. The molecular weight excluding hydrogens is 1330 g/mol. The number of nitrogens with one attached hydrogen (secondary N) is 3. The van der Waals surface area contributed by atoms with E-state index >= 15 is 0 Å². The Kier molecular flexibility index (Phi) is 17.8. The number of hydrogen-bond acceptors (Lipinski definition) is 26. The second-order valence-corrected chi connectivity index (χ2v) is 26.5. The van der Waals surface area contributed by atoms with Gasteiger partial charge in [0.1, 0.15) is 58.5 Å². The number of nitriles is 1. The molecule has 0 aliphatic carbocycles. The van der Waals surface area contributed by atoms with Gasteiger partial charge in [0.2, 0.25) is 0 Å². The molecule has 10 aromatic heterocycles. The maximum absolute atomic E-state index is 12.5. The van der Waals surface area contributed by atoms with E-state index in [-0.39, 0.29) is 14.1 Å². The predicted molar refractivity (Wildman–Crippen MR) is 362 cm³/mol. The van der Waals surface area contributed by atoms with Crippen molar-refractivity contribution < 1.29 is 30.0 Å². The standard InChI is InChI=1S/C18H16N6O3S.C15H14N8O2S.C15H12N6O2S2.C12H8N6/c1-27-14-6-8-15(9-7-14)28(25,26)23-12-2-4-13(5-3-12)24-18-16(10-22-24)17(19)20-11-21-18;1-22-7-13(19-9-22)26(24,25)21-10-2-4-11(5-3-10)23-15-12(6-20-23)14(16)17-8-18-15;16-14-12-8-19-21(15(12)18-9-17-14)11-5-3-10(4-6-11)20-25(22,23)13-2-1-7-24-13;13-5-8-1-3-9(4-2-8)18-12-10(6-17-18)11(14)15-7-16-12/h2-11,23H,1H3,(H2,19,20,21);2-9,21H,1H3,(H2,16,17,18);1-9,20H,(H2,16,17,18);1-4,6-7H,(H2,14,15,16). The fourth-order valence-corrected chi connectivity index (χ4v) is 13.4. The fourth-order valence-electron chi connectivity index (χ4n) is 9.22. The van der Waals surface area contributed by atoms with Gasteiger partial charge in [0.15, 0.2) is 27.6 Å². The number of anilines is 7. The molecule has 0 amide bonds. The van der Waals surface area contributed by atoms with Crippen molar-refractivity contribution in [3.63, 3.8) is 0 Å². The molecule has 0 fully saturated rings. The van der Waals surface area contributed by atoms with Gasteiger partial charge in [-0.25, -0.2) is 80.4 Å². The second kappa shape index (κ2) is 26.9. The number of nitrogen functional groups attached to an aromatic ring is 4. The van der Waals surface area contributed by atoms with Crippen molar-refractivity contribution in [2.24, 2.45) is 7.05 Å². The van der Waals surface area contributed by atoms with Gasteiger partial charge < -0.3 is 32.2 Å². The smallest absolute Gasteiger partial charge is 0.280 e. The number of aryl methyl sites for hydroxylation is 1. The highest BCUT2D eigenvalue weighted by Crippen LogP contribution is 2.28. The van der Waals surface area contributed by atoms with E-state index in [0.717, 1.165) is 22.7 Å². The monoisotopic (exact) mass is 1370 g/mol. The summed E-state index contributed by atoms with van der Waals surface area (Å²) in [6.45, 7) is 0. The SMILES string of the molecule is COc1ccc(S(=O)(=O)Nc2ccc(-n3ncc4c(N)ncnc43)cc2)cc1.Cn1cnc(S(=O)(=O)Nc2ccc(-n3ncc4c(N)ncnc43)cc2)c1.N#Cc1ccc(-n2ncc3c(N)ncnc32)cc1.Nc1ncnc2c1cnn2-c1ccc(NS(=O)(=O)c2cccs2)cc1. The Hall–Kier alpha value is -13.1. The second-order valence-electron chi connectivity index (χ2n) is 20.3. The number of nitrogens with zero attached hydrogens (tertiary/aromatic N) is 19. The zero-order valence-electron chi connectivity index (χ0n) is 50.3. The van der Waals surface area contributed by atoms with Gasteiger partial charge in [-0.05, 0) is 133 Å². The fraction of sp³-hybridized carbons (Fsp3) is 0.0333. The van der Waals surface area contributed by atoms with Crippen LogP contribution in [0.2, 0.25) is 0 Å². The van der Waals surface area contributed by atoms with E-state index < -0.39 is 30.1 Å². The molecule has 0 radical (unpaired) electrons. The number of sulfonamides is 3. The van der Waals surface area contributed by atoms with Gasteiger partial charge in [0.25, 0.3) is 30.1 Å². The third kappa shape index (κ3) is 13.9. The molecule has 0 bridgehead atoms. The molecule has 486 valence electrons. The Morgan fingerprint density at radius 2 is 0.814 bits per heavy atom. The van der Waals surface area contributed by atoms with Crippen LogP contribution in [-0.2, 0) is 37.1 Å². The number of rotatable bonds is 14. The van der Waals surface area contributed by atoms with Gasteiger partial charge in [-0.1, -0.05) is 6.07 Å². The molecule has 97 heavy (non-hydrogen) atoms. The van der Waals surface area contributed by atoms with Crippen LogP contribution < -0.4 is 41.8 Å². The molecular formula is C60H50N26O7S4. The van der Waals surface area contributed by atoms with Crippen molar-refractivity contribution in [2.75, 3.05) is 44.2 Å². The first-order valence-corrected chi connectivity index (χ1v) is 33.4. The van der Waals surface area contributed by atoms with Crippen LogP contribution in [0.1, 0.15) is 5.56 Å². The molecule has 0 unspecified atom stereocenters. The molecule has 0 saturated heterocycles. The third-order valence-electron chi connectivity index (χ3n) is 14.0. The van der Waals surface area contributed by atoms with Crippen LogP contribution in [0, 0.1) is 11.3 Å². The van der Waals surface area contributed by atoms with Crippen LogP contribution in [0.15, 0.2) is 216 Å². The number of aromatic nitrogens is 18. The minimum Gasteiger partial charge on any atom is -0.497 e. The molecule has 0 aliphatic heterocycles. The van der Waals surface area contributed by atoms with Gasteiger partial charge in [0.05, 0.1) is 99.0 Å². The van der Waals surface area contributed by atoms with Gasteiger partial charge >= 0.3 is 0 Å². The summed E-state index contributed by atoms with van der Waals surface area (Å²) < 4.78 is 95.1. The van der Waals surface area contributed by atoms with Crippen LogP contribution in [0.25, 0.3) is 66.9 Å². The third-order valence-corrected chi connectivity index (χ3v) is 19.4. The number of imidazole rings is 1. The highest BCUT2D eigenvalue weighted by Gasteiger charge is 2.20. The van der Waals surface area contributed by atoms with Crippen molar-refractivity contribution in [1.82, 2.24) is 88.5 Å². The minimum atomic E-state index is -3.74. The van der Waals surface area contributed by atoms with Gasteiger partial charge in [0, 0.05) is 30.3 Å². The maximum atomic E-state index is 12.5. The number of methoxy groups -OCH3 is 1. The van der Waals surface area contributed by atoms with Crippen LogP contribution >= 0.6 is 11.3 Å². The van der Waals surface area contributed by atoms with E-state index in [1.165, 1.54) is 57.1 Å². The molecule has 0 spiro atoms. The van der Waals surface area contributed by atoms with Crippen molar-refractivity contribution in [3.8, 4) is 34.6 Å². The Labute approximate surface area is 553 Å². The minimum absolute atomic E-state index is 0.0469. The summed E-state index contributed by atoms with van der Waals surface area (Å²) >= 11 is 1.16. The van der Waals surface area contributed by atoms with Gasteiger partial charge in [-0.2, -0.15) is 34.1 Å². The average Bonchev–Trinajstić information content (AvgIpc) is 1.67. The normalized spacial score (nSPS) is 11.4. The van der Waals surface area contributed by atoms with E-state index in [9.17, 15) is 25.3 Å². The first kappa shape index (κ1) is 64.1. The quantitative estimate of drug-likeness (QED) is 0.0597. The topological polar surface area (TPSA) is 468 Å². The van der Waals surface area contributed by atoms with E-state index in [0.29, 0.717) is 107 Å². The average molecular weight is 1380 g/mol. The lowest BCUT2D eigenvalue weighted by Crippen LogP contribution is -2.13. The first-order chi connectivity index (χ1) is 46.7. The van der Waals surface area contributed by atoms with Crippen molar-refractivity contribution >= 4 is 126 Å². The van der Waals surface area contributed by atoms with Crippen molar-refractivity contribution in [2.45, 2.75) is 14.1 Å². The Bertz CT molecular complexity index is 5730. The highest BCUT2D eigenvalue weighted by atomic mass is 32.2. The van der Waals surface area contributed by atoms with E-state index in [2.05, 4.69) is 85.5 Å². The summed E-state index contributed by atoms with van der Waals surface area (Å²) in [5.74, 6) is 2.04. The lowest BCUT2D eigenvalue weighted by molar-refractivity contribution is 0.414. The van der Waals surface area contributed by atoms with Crippen molar-refractivity contribution in [1.29, 1.82) is 5.26 Å². The molecule has 33 nitrogen and oxygen atoms in total. The lowest BCUT2D eigenvalue weighted by Gasteiger charge is -2.10. The summed E-state index contributed by atoms with van der Waals surface area (Å²) in [4.78, 5) is 36.5. The lowest BCUT2D eigenvalue weighted by atomic mass is 10.2. The van der Waals surface area contributed by atoms with Crippen LogP contribution in [-0.4, -0.2) is 121 Å². The number of hydrogen-bond donors (Lipinski definition) is 7. The largest absolute Gasteiger partial charge is 0.497 e. The molecule has 11 N–H and O–H groups in total. The number of benzene rings is 5. The molecule has 15 aromatic rings. The molecule has 0 atom stereocenters. The zero-order chi connectivity index (χ0) is 68.0. The molecule has 0 saturated carbocycles. The van der Waals surface area contributed by atoms with Crippen LogP contribution in [0.3, 0.4) is 0 Å². The molecule has 0 aliphatic rings. The highest BCUT2D eigenvalue weighted by molar-refractivity contribution is 7.94. The van der Waals surface area contributed by atoms with Gasteiger partial charge in [-0.15, -0.1) is 11.3 Å². The first-order valence-electron chi connectivity index (χ1n) is 28.1. The number of nitrogens with two attached hydrogens (primary N) is 4. The van der Waals surface area contributed by atoms with E-state index in [4.69, 9.17) is 32.9 Å². The molecule has 15 rings (SSSR count). The van der Waals surface area contributed by atoms with Crippen LogP contribution in [0.4, 0.5) is 40.3 Å². The summed E-state index contributed by atoms with van der Waals surface area (Å²) in [5.41, 5.74) is 30.4. The molecule has 10 heterocycles. The van der Waals surface area contributed by atoms with Crippen LogP contribution in [0.5, 0.6) is 5.75 Å². The van der Waals surface area contributed by atoms with Gasteiger partial charge in [-0.3, -0.25) is 14.2 Å². The Morgan fingerprint density at radius 3 is 1.14 bits per heavy atom. The Balaban J connectivity index is 0.000000125. The van der Waals surface area contributed by atoms with E-state index in [1.807, 2.05) is 12.1 Å². The molecule has 5 aromatic carbocycles. The number of thiophene rings is 1. The van der Waals surface area contributed by atoms with Crippen molar-refractivity contribution in [3.05, 3.63) is 207 Å². The summed E-state index contributed by atoms with van der Waals surface area (Å²) in [7, 11) is -7.80. The predicted octanol–water partition coefficient (Wildman–Crippen LogP) is 6.67. The summed E-state index contributed by atoms with van der Waals surface area (Å²) in [6.07, 6.45) is 14.8. The van der Waals surface area contributed by atoms with E-state index in [1.54, 1.807) is 170 Å². The maximum Gasteiger partial charge on any atom is 0.280 e. The number of fused-ring (bicyclic) bond motifs is 4. The zero-order valence-corrected chi connectivity index (χ0v) is 53.6. The summed E-state index contributed by atoms with van der Waals surface area (Å²) in [5, 5.41) is 30.1. The summed E-state index contributed by atoms with van der Waals surface area (Å²) in [6, 6.07) is 38.8. The molecule has 37 heteroatoms. The number of ether oxygens (including phenoxy) is 1.